The molecule has 1 nitrogen and oxygen atoms in total. The summed E-state index contributed by atoms with van der Waals surface area (Å²) in [5.41, 5.74) is 4.44. The molecule has 0 amide bonds. The molecule has 0 unspecified atom stereocenters. The molecule has 0 fully saturated rings. The second-order valence-corrected chi connectivity index (χ2v) is 6.03. The molecule has 0 saturated carbocycles. The van der Waals surface area contributed by atoms with E-state index in [-0.39, 0.29) is 5.78 Å². The minimum Gasteiger partial charge on any atom is -0.289 e. The van der Waals surface area contributed by atoms with Gasteiger partial charge in [-0.25, -0.2) is 0 Å². The third-order valence-electron chi connectivity index (χ3n) is 4.17. The molecule has 2 aliphatic rings. The summed E-state index contributed by atoms with van der Waals surface area (Å²) in [6.45, 7) is 3.90. The Bertz CT molecular complexity index is 442. The summed E-state index contributed by atoms with van der Waals surface area (Å²) in [6.07, 6.45) is 18.4. The Morgan fingerprint density at radius 2 is 1.30 bits per heavy atom. The van der Waals surface area contributed by atoms with Gasteiger partial charge in [-0.2, -0.15) is 0 Å². The zero-order valence-corrected chi connectivity index (χ0v) is 12.9. The standard InChI is InChI=1S/C19H26O/c1-15(13-17-9-5-3-6-10-17)19(20)16(2)14-18-11-7-4-8-12-18/h9,11,13-14H,3-8,10,12H2,1-2H3. The van der Waals surface area contributed by atoms with E-state index >= 15 is 0 Å². The van der Waals surface area contributed by atoms with Crippen LogP contribution in [0.2, 0.25) is 0 Å². The molecule has 0 N–H and O–H groups in total. The number of hydrogen-bond donors (Lipinski definition) is 0. The van der Waals surface area contributed by atoms with Gasteiger partial charge in [0.05, 0.1) is 0 Å². The summed E-state index contributed by atoms with van der Waals surface area (Å²) in [4.78, 5) is 12.4. The molecule has 0 spiro atoms. The molecular weight excluding hydrogens is 244 g/mol. The fourth-order valence-corrected chi connectivity index (χ4v) is 2.99. The van der Waals surface area contributed by atoms with E-state index in [1.807, 2.05) is 13.8 Å². The fraction of sp³-hybridized carbons (Fsp3) is 0.526. The molecule has 0 radical (unpaired) electrons. The average molecular weight is 270 g/mol. The van der Waals surface area contributed by atoms with E-state index in [2.05, 4.69) is 24.3 Å². The topological polar surface area (TPSA) is 17.1 Å². The van der Waals surface area contributed by atoms with Crippen molar-refractivity contribution in [1.29, 1.82) is 0 Å². The Morgan fingerprint density at radius 3 is 1.65 bits per heavy atom. The van der Waals surface area contributed by atoms with E-state index in [4.69, 9.17) is 0 Å². The minimum absolute atomic E-state index is 0.197. The molecule has 0 bridgehead atoms. The first-order valence-corrected chi connectivity index (χ1v) is 7.96. The van der Waals surface area contributed by atoms with E-state index in [0.29, 0.717) is 0 Å². The van der Waals surface area contributed by atoms with E-state index in [1.54, 1.807) is 0 Å². The maximum Gasteiger partial charge on any atom is 0.184 e. The summed E-state index contributed by atoms with van der Waals surface area (Å²) in [5.74, 6) is 0.197. The maximum atomic E-state index is 12.4. The molecule has 2 rings (SSSR count). The third kappa shape index (κ3) is 4.33. The lowest BCUT2D eigenvalue weighted by Gasteiger charge is -2.11. The van der Waals surface area contributed by atoms with Crippen molar-refractivity contribution in [3.8, 4) is 0 Å². The van der Waals surface area contributed by atoms with Gasteiger partial charge in [-0.15, -0.1) is 0 Å². The second-order valence-electron chi connectivity index (χ2n) is 6.03. The number of allylic oxidation sites excluding steroid dienone is 8. The molecular formula is C19H26O. The van der Waals surface area contributed by atoms with Crippen molar-refractivity contribution in [3.63, 3.8) is 0 Å². The van der Waals surface area contributed by atoms with Crippen LogP contribution in [-0.2, 0) is 4.79 Å². The molecule has 108 valence electrons. The Balaban J connectivity index is 2.05. The number of carbonyl (C=O) groups excluding carboxylic acids is 1. The smallest absolute Gasteiger partial charge is 0.184 e. The van der Waals surface area contributed by atoms with Crippen LogP contribution in [-0.4, -0.2) is 5.78 Å². The predicted octanol–water partition coefficient (Wildman–Crippen LogP) is 5.45. The highest BCUT2D eigenvalue weighted by atomic mass is 16.1. The normalized spacial score (nSPS) is 21.3. The SMILES string of the molecule is CC(=CC1=CCCCC1)C(=O)C(C)=CC1=CCCCC1. The Morgan fingerprint density at radius 1 is 0.850 bits per heavy atom. The molecule has 0 saturated heterocycles. The number of carbonyl (C=O) groups is 1. The van der Waals surface area contributed by atoms with Gasteiger partial charge in [-0.3, -0.25) is 4.79 Å². The van der Waals surface area contributed by atoms with Gasteiger partial charge in [0.15, 0.2) is 5.78 Å². The van der Waals surface area contributed by atoms with Gasteiger partial charge in [-0.1, -0.05) is 35.5 Å². The van der Waals surface area contributed by atoms with E-state index in [0.717, 1.165) is 36.8 Å². The average Bonchev–Trinajstić information content (AvgIpc) is 2.48. The quantitative estimate of drug-likeness (QED) is 0.621. The van der Waals surface area contributed by atoms with Gasteiger partial charge < -0.3 is 0 Å². The van der Waals surface area contributed by atoms with Crippen molar-refractivity contribution in [2.24, 2.45) is 0 Å². The van der Waals surface area contributed by atoms with Crippen molar-refractivity contribution in [1.82, 2.24) is 0 Å². The van der Waals surface area contributed by atoms with E-state index in [9.17, 15) is 4.79 Å². The lowest BCUT2D eigenvalue weighted by molar-refractivity contribution is -0.112. The Labute approximate surface area is 123 Å². The van der Waals surface area contributed by atoms with Gasteiger partial charge in [0.2, 0.25) is 0 Å². The lowest BCUT2D eigenvalue weighted by Crippen LogP contribution is -2.03. The molecule has 0 aromatic carbocycles. The monoisotopic (exact) mass is 270 g/mol. The van der Waals surface area contributed by atoms with E-state index in [1.165, 1.54) is 36.8 Å². The summed E-state index contributed by atoms with van der Waals surface area (Å²) >= 11 is 0. The van der Waals surface area contributed by atoms with Crippen LogP contribution < -0.4 is 0 Å². The van der Waals surface area contributed by atoms with Crippen molar-refractivity contribution < 1.29 is 4.79 Å². The molecule has 2 aliphatic carbocycles. The van der Waals surface area contributed by atoms with Crippen molar-refractivity contribution in [3.05, 3.63) is 46.6 Å². The van der Waals surface area contributed by atoms with Crippen LogP contribution in [0.3, 0.4) is 0 Å². The first-order valence-electron chi connectivity index (χ1n) is 7.96. The van der Waals surface area contributed by atoms with Crippen molar-refractivity contribution >= 4 is 5.78 Å². The predicted molar refractivity (Wildman–Crippen MR) is 85.6 cm³/mol. The third-order valence-corrected chi connectivity index (χ3v) is 4.17. The van der Waals surface area contributed by atoms with Gasteiger partial charge in [-0.05, 0) is 76.4 Å². The van der Waals surface area contributed by atoms with Crippen molar-refractivity contribution in [2.75, 3.05) is 0 Å². The molecule has 0 heterocycles. The van der Waals surface area contributed by atoms with Crippen LogP contribution in [0.1, 0.15) is 65.2 Å². The highest BCUT2D eigenvalue weighted by molar-refractivity contribution is 6.07. The summed E-state index contributed by atoms with van der Waals surface area (Å²) in [5, 5.41) is 0. The van der Waals surface area contributed by atoms with Crippen molar-refractivity contribution in [2.45, 2.75) is 65.2 Å². The minimum atomic E-state index is 0.197. The first kappa shape index (κ1) is 15.0. The molecule has 1 heteroatoms. The van der Waals surface area contributed by atoms with Crippen LogP contribution in [0, 0.1) is 0 Å². The number of ketones is 1. The summed E-state index contributed by atoms with van der Waals surface area (Å²) in [6, 6.07) is 0. The first-order chi connectivity index (χ1) is 9.66. The zero-order chi connectivity index (χ0) is 14.4. The highest BCUT2D eigenvalue weighted by Gasteiger charge is 2.10. The molecule has 0 aromatic rings. The van der Waals surface area contributed by atoms with Crippen LogP contribution in [0.4, 0.5) is 0 Å². The number of hydrogen-bond acceptors (Lipinski definition) is 1. The van der Waals surface area contributed by atoms with Crippen LogP contribution in [0.5, 0.6) is 0 Å². The van der Waals surface area contributed by atoms with Gasteiger partial charge in [0.25, 0.3) is 0 Å². The Kier molecular flexibility index (Phi) is 5.58. The lowest BCUT2D eigenvalue weighted by atomic mass is 9.94. The van der Waals surface area contributed by atoms with Crippen LogP contribution in [0.15, 0.2) is 46.6 Å². The summed E-state index contributed by atoms with van der Waals surface area (Å²) in [7, 11) is 0. The fourth-order valence-electron chi connectivity index (χ4n) is 2.99. The number of rotatable bonds is 4. The largest absolute Gasteiger partial charge is 0.289 e. The molecule has 0 aromatic heterocycles. The highest BCUT2D eigenvalue weighted by Crippen LogP contribution is 2.22. The van der Waals surface area contributed by atoms with Gasteiger partial charge in [0, 0.05) is 0 Å². The van der Waals surface area contributed by atoms with Gasteiger partial charge in [0.1, 0.15) is 0 Å². The molecule has 0 aliphatic heterocycles. The maximum absolute atomic E-state index is 12.4. The molecule has 20 heavy (non-hydrogen) atoms. The Hall–Kier alpha value is -1.37. The van der Waals surface area contributed by atoms with Crippen LogP contribution >= 0.6 is 0 Å². The van der Waals surface area contributed by atoms with E-state index < -0.39 is 0 Å². The van der Waals surface area contributed by atoms with Gasteiger partial charge >= 0.3 is 0 Å². The van der Waals surface area contributed by atoms with Crippen LogP contribution in [0.25, 0.3) is 0 Å². The summed E-state index contributed by atoms with van der Waals surface area (Å²) < 4.78 is 0. The molecule has 0 atom stereocenters. The zero-order valence-electron chi connectivity index (χ0n) is 12.9. The second kappa shape index (κ2) is 7.42. The number of Topliss-reactive ketones (excluding diaryl/α,β-unsaturated/α-hetero) is 1.